The Labute approximate surface area is 241 Å². The van der Waals surface area contributed by atoms with E-state index < -0.39 is 10.0 Å². The molecule has 0 saturated heterocycles. The number of ether oxygens (including phenoxy) is 2. The van der Waals surface area contributed by atoms with Crippen LogP contribution in [0.3, 0.4) is 0 Å². The second-order valence-corrected chi connectivity index (χ2v) is 11.1. The average molecular weight is 572 g/mol. The van der Waals surface area contributed by atoms with Crippen LogP contribution in [0.25, 0.3) is 11.1 Å². The van der Waals surface area contributed by atoms with Gasteiger partial charge in [0.05, 0.1) is 35.9 Å². The molecule has 0 aliphatic carbocycles. The Morgan fingerprint density at radius 3 is 2.41 bits per heavy atom. The zero-order valence-electron chi connectivity index (χ0n) is 23.0. The normalized spacial score (nSPS) is 13.8. The van der Waals surface area contributed by atoms with Gasteiger partial charge in [-0.15, -0.1) is 0 Å². The minimum Gasteiger partial charge on any atom is -0.496 e. The van der Waals surface area contributed by atoms with Gasteiger partial charge in [0.1, 0.15) is 11.9 Å². The number of rotatable bonds is 9. The predicted octanol–water partition coefficient (Wildman–Crippen LogP) is 4.23. The minimum atomic E-state index is -3.60. The van der Waals surface area contributed by atoms with Gasteiger partial charge in [0, 0.05) is 23.9 Å². The lowest BCUT2D eigenvalue weighted by molar-refractivity contribution is 0.194. The number of benzene rings is 3. The molecule has 1 aliphatic rings. The fraction of sp³-hybridized carbons (Fsp3) is 0.226. The summed E-state index contributed by atoms with van der Waals surface area (Å²) in [5.41, 5.74) is 3.89. The summed E-state index contributed by atoms with van der Waals surface area (Å²) in [6.07, 6.45) is 2.42. The molecule has 0 saturated carbocycles. The Morgan fingerprint density at radius 1 is 1.07 bits per heavy atom. The van der Waals surface area contributed by atoms with E-state index in [1.165, 1.54) is 25.8 Å². The number of fused-ring (bicyclic) bond motifs is 1. The van der Waals surface area contributed by atoms with Crippen molar-refractivity contribution in [2.45, 2.75) is 17.4 Å². The second-order valence-electron chi connectivity index (χ2n) is 9.18. The van der Waals surface area contributed by atoms with Gasteiger partial charge in [-0.3, -0.25) is 0 Å². The number of aromatic nitrogens is 1. The zero-order chi connectivity index (χ0) is 29.1. The number of anilines is 1. The quantitative estimate of drug-likeness (QED) is 0.255. The highest BCUT2D eigenvalue weighted by atomic mass is 32.2. The van der Waals surface area contributed by atoms with Crippen LogP contribution in [-0.4, -0.2) is 53.3 Å². The lowest BCUT2D eigenvalue weighted by Crippen LogP contribution is -2.40. The summed E-state index contributed by atoms with van der Waals surface area (Å²) >= 11 is 0. The van der Waals surface area contributed by atoms with Gasteiger partial charge < -0.3 is 20.1 Å². The van der Waals surface area contributed by atoms with E-state index in [0.717, 1.165) is 18.7 Å². The maximum Gasteiger partial charge on any atom is 0.240 e. The highest BCUT2D eigenvalue weighted by molar-refractivity contribution is 7.89. The molecule has 3 N–H and O–H groups in total. The molecule has 0 fully saturated rings. The van der Waals surface area contributed by atoms with Crippen molar-refractivity contribution >= 4 is 15.7 Å². The SMILES string of the molecule is CNS(=O)(=O)c1ccc(OC)c(-c2cnc3c(c2)NC[C@@H](CNCCc2ccc(C#N)cc2)O3)c1.c1ccccc1. The van der Waals surface area contributed by atoms with Gasteiger partial charge in [0.15, 0.2) is 0 Å². The lowest BCUT2D eigenvalue weighted by Gasteiger charge is -2.27. The van der Waals surface area contributed by atoms with Gasteiger partial charge in [-0.05, 0) is 62.0 Å². The van der Waals surface area contributed by atoms with Crippen LogP contribution in [0.15, 0.2) is 96.0 Å². The van der Waals surface area contributed by atoms with Crippen molar-refractivity contribution < 1.29 is 17.9 Å². The van der Waals surface area contributed by atoms with Gasteiger partial charge in [-0.2, -0.15) is 5.26 Å². The number of nitriles is 1. The first-order chi connectivity index (χ1) is 19.9. The molecule has 4 aromatic rings. The van der Waals surface area contributed by atoms with Gasteiger partial charge in [0.2, 0.25) is 15.9 Å². The van der Waals surface area contributed by atoms with Crippen LogP contribution in [0.4, 0.5) is 5.69 Å². The zero-order valence-corrected chi connectivity index (χ0v) is 23.8. The first kappa shape index (κ1) is 29.6. The Morgan fingerprint density at radius 2 is 1.78 bits per heavy atom. The van der Waals surface area contributed by atoms with E-state index in [9.17, 15) is 8.42 Å². The van der Waals surface area contributed by atoms with Gasteiger partial charge in [-0.1, -0.05) is 48.5 Å². The largest absolute Gasteiger partial charge is 0.496 e. The summed E-state index contributed by atoms with van der Waals surface area (Å²) in [6.45, 7) is 2.05. The summed E-state index contributed by atoms with van der Waals surface area (Å²) in [7, 11) is -0.683. The van der Waals surface area contributed by atoms with Gasteiger partial charge >= 0.3 is 0 Å². The van der Waals surface area contributed by atoms with E-state index in [4.69, 9.17) is 14.7 Å². The molecule has 1 atom stereocenters. The first-order valence-corrected chi connectivity index (χ1v) is 14.6. The predicted molar refractivity (Wildman–Crippen MR) is 160 cm³/mol. The van der Waals surface area contributed by atoms with Crippen LogP contribution in [0.5, 0.6) is 11.6 Å². The summed E-state index contributed by atoms with van der Waals surface area (Å²) in [5, 5.41) is 15.6. The highest BCUT2D eigenvalue weighted by Crippen LogP contribution is 2.36. The number of methoxy groups -OCH3 is 1. The number of hydrogen-bond donors (Lipinski definition) is 3. The van der Waals surface area contributed by atoms with Crippen LogP contribution in [0, 0.1) is 11.3 Å². The molecule has 5 rings (SSSR count). The van der Waals surface area contributed by atoms with E-state index in [2.05, 4.69) is 26.4 Å². The molecule has 3 aromatic carbocycles. The van der Waals surface area contributed by atoms with E-state index in [0.29, 0.717) is 41.4 Å². The minimum absolute atomic E-state index is 0.0829. The molecular formula is C31H33N5O4S. The molecule has 0 unspecified atom stereocenters. The second kappa shape index (κ2) is 14.3. The molecule has 212 valence electrons. The Hall–Kier alpha value is -4.43. The van der Waals surface area contributed by atoms with Crippen LogP contribution in [-0.2, 0) is 16.4 Å². The van der Waals surface area contributed by atoms with Crippen molar-refractivity contribution in [3.63, 3.8) is 0 Å². The molecule has 0 amide bonds. The van der Waals surface area contributed by atoms with Gasteiger partial charge in [-0.25, -0.2) is 18.1 Å². The summed E-state index contributed by atoms with van der Waals surface area (Å²) in [4.78, 5) is 4.61. The van der Waals surface area contributed by atoms with Crippen LogP contribution >= 0.6 is 0 Å². The van der Waals surface area contributed by atoms with Crippen molar-refractivity contribution in [1.82, 2.24) is 15.0 Å². The molecule has 41 heavy (non-hydrogen) atoms. The lowest BCUT2D eigenvalue weighted by atomic mass is 10.1. The number of nitrogens with one attached hydrogen (secondary N) is 3. The maximum atomic E-state index is 12.3. The molecule has 10 heteroatoms. The fourth-order valence-corrected chi connectivity index (χ4v) is 4.94. The monoisotopic (exact) mass is 571 g/mol. The van der Waals surface area contributed by atoms with Crippen molar-refractivity contribution in [2.24, 2.45) is 0 Å². The Bertz CT molecular complexity index is 1550. The maximum absolute atomic E-state index is 12.3. The van der Waals surface area contributed by atoms with E-state index in [1.807, 2.05) is 66.7 Å². The van der Waals surface area contributed by atoms with E-state index in [-0.39, 0.29) is 11.0 Å². The van der Waals surface area contributed by atoms with E-state index in [1.54, 1.807) is 18.3 Å². The summed E-state index contributed by atoms with van der Waals surface area (Å²) in [5.74, 6) is 1.04. The average Bonchev–Trinajstić information content (AvgIpc) is 3.04. The van der Waals surface area contributed by atoms with Crippen molar-refractivity contribution in [1.29, 1.82) is 5.26 Å². The Balaban J connectivity index is 0.000000572. The topological polar surface area (TPSA) is 125 Å². The van der Waals surface area contributed by atoms with Crippen LogP contribution < -0.4 is 24.8 Å². The number of nitrogens with zero attached hydrogens (tertiary/aromatic N) is 2. The molecule has 1 aromatic heterocycles. The van der Waals surface area contributed by atoms with Crippen molar-refractivity contribution in [3.8, 4) is 28.8 Å². The van der Waals surface area contributed by atoms with Crippen molar-refractivity contribution in [3.05, 3.63) is 102 Å². The molecular weight excluding hydrogens is 538 g/mol. The summed E-state index contributed by atoms with van der Waals surface area (Å²) in [6, 6.07) is 28.3. The molecule has 0 bridgehead atoms. The highest BCUT2D eigenvalue weighted by Gasteiger charge is 2.22. The molecule has 2 heterocycles. The Kier molecular flexibility index (Phi) is 10.3. The van der Waals surface area contributed by atoms with E-state index >= 15 is 0 Å². The number of sulfonamides is 1. The first-order valence-electron chi connectivity index (χ1n) is 13.2. The van der Waals surface area contributed by atoms with Gasteiger partial charge in [0.25, 0.3) is 0 Å². The smallest absolute Gasteiger partial charge is 0.240 e. The molecule has 1 aliphatic heterocycles. The number of hydrogen-bond acceptors (Lipinski definition) is 8. The van der Waals surface area contributed by atoms with Crippen LogP contribution in [0.2, 0.25) is 0 Å². The fourth-order valence-electron chi connectivity index (χ4n) is 4.18. The van der Waals surface area contributed by atoms with Crippen molar-refractivity contribution in [2.75, 3.05) is 39.1 Å². The standard InChI is InChI=1S/C25H27N5O4S.C6H6/c1-27-35(31,32)21-7-8-24(33-2)22(12-21)19-11-23-25(30-14-19)34-20(16-29-23)15-28-10-9-17-3-5-18(13-26)6-4-17;1-2-4-6-5-3-1/h3-8,11-12,14,20,27-29H,9-10,15-16H2,1-2H3;1-6H/t20-;/m1./s1. The summed E-state index contributed by atoms with van der Waals surface area (Å²) < 4.78 is 38.3. The third-order valence-corrected chi connectivity index (χ3v) is 7.83. The third-order valence-electron chi connectivity index (χ3n) is 6.42. The molecule has 9 nitrogen and oxygen atoms in total. The molecule has 0 radical (unpaired) electrons. The van der Waals surface area contributed by atoms with Crippen LogP contribution in [0.1, 0.15) is 11.1 Å². The third kappa shape index (κ3) is 8.05. The number of pyridine rings is 1. The molecule has 0 spiro atoms.